The van der Waals surface area contributed by atoms with E-state index < -0.39 is 0 Å². The maximum absolute atomic E-state index is 2.31. The Morgan fingerprint density at radius 3 is 1.86 bits per heavy atom. The molecule has 0 aliphatic rings. The van der Waals surface area contributed by atoms with Gasteiger partial charge >= 0.3 is 0 Å². The van der Waals surface area contributed by atoms with Crippen LogP contribution in [0.3, 0.4) is 0 Å². The Morgan fingerprint density at radius 2 is 1.10 bits per heavy atom. The molecular formula is C21H20. The van der Waals surface area contributed by atoms with Crippen molar-refractivity contribution in [2.45, 2.75) is 34.6 Å². The van der Waals surface area contributed by atoms with Gasteiger partial charge in [-0.3, -0.25) is 0 Å². The fourth-order valence-electron chi connectivity index (χ4n) is 3.98. The zero-order valence-electron chi connectivity index (χ0n) is 13.4. The Bertz CT molecular complexity index is 1020. The fraction of sp³-hybridized carbons (Fsp3) is 0.238. The van der Waals surface area contributed by atoms with Crippen LogP contribution in [-0.2, 0) is 0 Å². The minimum atomic E-state index is 1.36. The van der Waals surface area contributed by atoms with Gasteiger partial charge in [-0.15, -0.1) is 0 Å². The van der Waals surface area contributed by atoms with E-state index in [0.29, 0.717) is 0 Å². The summed E-state index contributed by atoms with van der Waals surface area (Å²) in [5, 5.41) is 8.56. The predicted molar refractivity (Wildman–Crippen MR) is 93.8 cm³/mol. The van der Waals surface area contributed by atoms with Gasteiger partial charge in [-0.25, -0.2) is 0 Å². The molecule has 0 N–H and O–H groups in total. The summed E-state index contributed by atoms with van der Waals surface area (Å²) in [5.74, 6) is 0. The smallest absolute Gasteiger partial charge is 0.00184 e. The highest BCUT2D eigenvalue weighted by Crippen LogP contribution is 2.42. The quantitative estimate of drug-likeness (QED) is 0.338. The van der Waals surface area contributed by atoms with Crippen molar-refractivity contribution in [3.8, 4) is 0 Å². The molecule has 0 radical (unpaired) electrons. The van der Waals surface area contributed by atoms with Crippen molar-refractivity contribution >= 4 is 32.3 Å². The first-order chi connectivity index (χ1) is 10.0. The van der Waals surface area contributed by atoms with Crippen LogP contribution in [0.5, 0.6) is 0 Å². The summed E-state index contributed by atoms with van der Waals surface area (Å²) in [6.07, 6.45) is 0. The summed E-state index contributed by atoms with van der Waals surface area (Å²) in [7, 11) is 0. The molecule has 0 bridgehead atoms. The first kappa shape index (κ1) is 12.6. The van der Waals surface area contributed by atoms with Crippen LogP contribution in [-0.4, -0.2) is 0 Å². The van der Waals surface area contributed by atoms with Gasteiger partial charge < -0.3 is 0 Å². The van der Waals surface area contributed by atoms with Gasteiger partial charge in [0.05, 0.1) is 0 Å². The van der Waals surface area contributed by atoms with Gasteiger partial charge in [0.1, 0.15) is 0 Å². The third-order valence-electron chi connectivity index (χ3n) is 5.54. The van der Waals surface area contributed by atoms with Crippen molar-refractivity contribution < 1.29 is 0 Å². The number of hydrogen-bond donors (Lipinski definition) is 0. The Hall–Kier alpha value is -2.08. The molecule has 0 aliphatic carbocycles. The van der Waals surface area contributed by atoms with Crippen LogP contribution < -0.4 is 0 Å². The Kier molecular flexibility index (Phi) is 2.39. The average Bonchev–Trinajstić information content (AvgIpc) is 2.50. The highest BCUT2D eigenvalue weighted by Gasteiger charge is 2.17. The highest BCUT2D eigenvalue weighted by molar-refractivity contribution is 6.26. The van der Waals surface area contributed by atoms with E-state index in [2.05, 4.69) is 65.0 Å². The van der Waals surface area contributed by atoms with Gasteiger partial charge in [0.15, 0.2) is 0 Å². The summed E-state index contributed by atoms with van der Waals surface area (Å²) >= 11 is 0. The van der Waals surface area contributed by atoms with Crippen molar-refractivity contribution in [1.29, 1.82) is 0 Å². The lowest BCUT2D eigenvalue weighted by Gasteiger charge is -2.21. The van der Waals surface area contributed by atoms with Crippen LogP contribution in [0.1, 0.15) is 27.8 Å². The monoisotopic (exact) mass is 272 g/mol. The normalized spacial score (nSPS) is 12.0. The van der Waals surface area contributed by atoms with Crippen LogP contribution >= 0.6 is 0 Å². The molecule has 0 aliphatic heterocycles. The zero-order valence-corrected chi connectivity index (χ0v) is 13.4. The van der Waals surface area contributed by atoms with E-state index in [1.54, 1.807) is 0 Å². The first-order valence-electron chi connectivity index (χ1n) is 7.65. The van der Waals surface area contributed by atoms with Crippen LogP contribution in [0.2, 0.25) is 0 Å². The van der Waals surface area contributed by atoms with E-state index in [0.717, 1.165) is 0 Å². The zero-order chi connectivity index (χ0) is 14.9. The molecule has 0 aromatic heterocycles. The molecule has 104 valence electrons. The molecule has 4 aromatic rings. The van der Waals surface area contributed by atoms with Crippen LogP contribution in [0.4, 0.5) is 0 Å². The van der Waals surface area contributed by atoms with Gasteiger partial charge in [-0.05, 0) is 94.8 Å². The first-order valence-corrected chi connectivity index (χ1v) is 7.65. The van der Waals surface area contributed by atoms with Gasteiger partial charge in [-0.1, -0.05) is 30.3 Å². The maximum Gasteiger partial charge on any atom is -0.00184 e. The fourth-order valence-corrected chi connectivity index (χ4v) is 3.98. The van der Waals surface area contributed by atoms with Crippen molar-refractivity contribution in [2.24, 2.45) is 0 Å². The van der Waals surface area contributed by atoms with E-state index in [-0.39, 0.29) is 0 Å². The van der Waals surface area contributed by atoms with Crippen molar-refractivity contribution in [1.82, 2.24) is 0 Å². The number of hydrogen-bond acceptors (Lipinski definition) is 0. The van der Waals surface area contributed by atoms with E-state index >= 15 is 0 Å². The summed E-state index contributed by atoms with van der Waals surface area (Å²) in [6, 6.07) is 11.3. The predicted octanol–water partition coefficient (Wildman–Crippen LogP) is 6.13. The van der Waals surface area contributed by atoms with Crippen molar-refractivity contribution in [3.05, 3.63) is 58.1 Å². The Labute approximate surface area is 125 Å². The minimum Gasteiger partial charge on any atom is -0.0610 e. The van der Waals surface area contributed by atoms with Crippen LogP contribution in [0, 0.1) is 34.6 Å². The largest absolute Gasteiger partial charge is 0.0610 e. The topological polar surface area (TPSA) is 0 Å². The molecule has 4 aromatic carbocycles. The van der Waals surface area contributed by atoms with E-state index in [1.165, 1.54) is 60.1 Å². The molecule has 21 heavy (non-hydrogen) atoms. The van der Waals surface area contributed by atoms with Gasteiger partial charge in [0.25, 0.3) is 0 Å². The number of rotatable bonds is 0. The summed E-state index contributed by atoms with van der Waals surface area (Å²) in [5.41, 5.74) is 7.16. The lowest BCUT2D eigenvalue weighted by atomic mass is 9.83. The summed E-state index contributed by atoms with van der Waals surface area (Å²) < 4.78 is 0. The molecule has 0 heterocycles. The Balaban J connectivity index is 2.53. The lowest BCUT2D eigenvalue weighted by molar-refractivity contribution is 1.30. The number of aryl methyl sites for hydroxylation is 4. The number of benzene rings is 4. The standard InChI is InChI=1S/C21H20/c1-11-12(2)18-10-9-16-7-6-8-17-13(3)15(5)19(14(11)4)21(18)20(16)17/h6-10H,1-5H3. The molecule has 0 amide bonds. The van der Waals surface area contributed by atoms with Crippen LogP contribution in [0.25, 0.3) is 32.3 Å². The highest BCUT2D eigenvalue weighted by atomic mass is 14.2. The maximum atomic E-state index is 2.31. The second-order valence-electron chi connectivity index (χ2n) is 6.39. The van der Waals surface area contributed by atoms with E-state index in [4.69, 9.17) is 0 Å². The average molecular weight is 272 g/mol. The van der Waals surface area contributed by atoms with Crippen molar-refractivity contribution in [3.63, 3.8) is 0 Å². The summed E-state index contributed by atoms with van der Waals surface area (Å²) in [4.78, 5) is 0. The molecular weight excluding hydrogens is 252 g/mol. The third-order valence-corrected chi connectivity index (χ3v) is 5.54. The molecule has 0 spiro atoms. The third kappa shape index (κ3) is 1.40. The molecule has 0 unspecified atom stereocenters. The molecule has 0 saturated heterocycles. The molecule has 4 rings (SSSR count). The second kappa shape index (κ2) is 3.98. The second-order valence-corrected chi connectivity index (χ2v) is 6.39. The van der Waals surface area contributed by atoms with Gasteiger partial charge in [-0.2, -0.15) is 0 Å². The molecule has 0 atom stereocenters. The van der Waals surface area contributed by atoms with E-state index in [9.17, 15) is 0 Å². The summed E-state index contributed by atoms with van der Waals surface area (Å²) in [6.45, 7) is 11.3. The lowest BCUT2D eigenvalue weighted by Crippen LogP contribution is -1.97. The van der Waals surface area contributed by atoms with Gasteiger partial charge in [0.2, 0.25) is 0 Å². The SMILES string of the molecule is Cc1c(C)c2ccc3cccc4c(C)c(C)c(c1C)c2c34. The molecule has 0 heteroatoms. The molecule has 0 fully saturated rings. The van der Waals surface area contributed by atoms with Crippen LogP contribution in [0.15, 0.2) is 30.3 Å². The van der Waals surface area contributed by atoms with Gasteiger partial charge in [0, 0.05) is 0 Å². The molecule has 0 nitrogen and oxygen atoms in total. The minimum absolute atomic E-state index is 1.36. The molecule has 0 saturated carbocycles. The van der Waals surface area contributed by atoms with Crippen molar-refractivity contribution in [2.75, 3.05) is 0 Å². The Morgan fingerprint density at radius 1 is 0.476 bits per heavy atom. The van der Waals surface area contributed by atoms with E-state index in [1.807, 2.05) is 0 Å².